The molecule has 3 rings (SSSR count). The molecule has 2 aliphatic carbocycles. The van der Waals surface area contributed by atoms with E-state index in [0.29, 0.717) is 5.92 Å². The largest absolute Gasteiger partial charge is 0.393 e. The molecule has 1 heterocycles. The summed E-state index contributed by atoms with van der Waals surface area (Å²) in [6.45, 7) is 0.962. The van der Waals surface area contributed by atoms with E-state index in [1.165, 1.54) is 51.4 Å². The van der Waals surface area contributed by atoms with Crippen molar-refractivity contribution < 1.29 is 9.84 Å². The molecule has 92 valence electrons. The molecular weight excluding hydrogens is 200 g/mol. The third-order valence-electron chi connectivity index (χ3n) is 4.90. The van der Waals surface area contributed by atoms with Crippen LogP contribution in [0.3, 0.4) is 0 Å². The van der Waals surface area contributed by atoms with Crippen LogP contribution in [-0.2, 0) is 4.74 Å². The first-order valence-corrected chi connectivity index (χ1v) is 7.09. The van der Waals surface area contributed by atoms with Gasteiger partial charge in [-0.3, -0.25) is 0 Å². The summed E-state index contributed by atoms with van der Waals surface area (Å²) in [5, 5.41) is 9.89. The van der Waals surface area contributed by atoms with Crippen molar-refractivity contribution in [2.75, 3.05) is 6.61 Å². The van der Waals surface area contributed by atoms with E-state index >= 15 is 0 Å². The van der Waals surface area contributed by atoms with Crippen LogP contribution in [0.1, 0.15) is 57.8 Å². The molecule has 2 atom stereocenters. The molecule has 16 heavy (non-hydrogen) atoms. The lowest BCUT2D eigenvalue weighted by Crippen LogP contribution is -2.45. The zero-order valence-electron chi connectivity index (χ0n) is 10.2. The number of aliphatic hydroxyl groups is 1. The van der Waals surface area contributed by atoms with Crippen LogP contribution in [0.5, 0.6) is 0 Å². The monoisotopic (exact) mass is 224 g/mol. The maximum Gasteiger partial charge on any atom is 0.0685 e. The van der Waals surface area contributed by atoms with Gasteiger partial charge in [0.1, 0.15) is 0 Å². The van der Waals surface area contributed by atoms with Gasteiger partial charge < -0.3 is 9.84 Å². The van der Waals surface area contributed by atoms with Crippen molar-refractivity contribution in [3.05, 3.63) is 0 Å². The first kappa shape index (κ1) is 11.0. The fourth-order valence-electron chi connectivity index (χ4n) is 3.42. The van der Waals surface area contributed by atoms with Crippen molar-refractivity contribution >= 4 is 0 Å². The maximum absolute atomic E-state index is 9.89. The fourth-order valence-corrected chi connectivity index (χ4v) is 3.42. The first-order chi connectivity index (χ1) is 7.77. The molecule has 2 heteroatoms. The van der Waals surface area contributed by atoms with Crippen molar-refractivity contribution in [1.29, 1.82) is 0 Å². The second-order valence-corrected chi connectivity index (χ2v) is 6.23. The summed E-state index contributed by atoms with van der Waals surface area (Å²) in [6.07, 6.45) is 11.2. The molecule has 0 amide bonds. The minimum Gasteiger partial charge on any atom is -0.393 e. The third kappa shape index (κ3) is 2.28. The lowest BCUT2D eigenvalue weighted by molar-refractivity contribution is -0.144. The fraction of sp³-hybridized carbons (Fsp3) is 1.00. The summed E-state index contributed by atoms with van der Waals surface area (Å²) in [5.41, 5.74) is 0.285. The molecule has 2 saturated carbocycles. The van der Waals surface area contributed by atoms with Crippen LogP contribution in [0.2, 0.25) is 0 Å². The number of ether oxygens (including phenoxy) is 1. The highest BCUT2D eigenvalue weighted by molar-refractivity contribution is 4.94. The summed E-state index contributed by atoms with van der Waals surface area (Å²) in [5.74, 6) is 1.47. The van der Waals surface area contributed by atoms with Gasteiger partial charge in [0.15, 0.2) is 0 Å². The van der Waals surface area contributed by atoms with Crippen molar-refractivity contribution in [2.45, 2.75) is 69.5 Å². The molecule has 1 N–H and O–H groups in total. The van der Waals surface area contributed by atoms with Gasteiger partial charge >= 0.3 is 0 Å². The molecule has 2 nitrogen and oxygen atoms in total. The van der Waals surface area contributed by atoms with Gasteiger partial charge in [-0.25, -0.2) is 0 Å². The Morgan fingerprint density at radius 3 is 2.69 bits per heavy atom. The average Bonchev–Trinajstić information content (AvgIpc) is 3.08. The highest BCUT2D eigenvalue weighted by Crippen LogP contribution is 2.45. The van der Waals surface area contributed by atoms with Gasteiger partial charge in [0.05, 0.1) is 11.7 Å². The summed E-state index contributed by atoms with van der Waals surface area (Å²) >= 11 is 0. The van der Waals surface area contributed by atoms with E-state index in [9.17, 15) is 5.11 Å². The second-order valence-electron chi connectivity index (χ2n) is 6.23. The topological polar surface area (TPSA) is 29.5 Å². The Labute approximate surface area is 98.4 Å². The number of rotatable bonds is 4. The number of aliphatic hydroxyl groups excluding tert-OH is 1. The summed E-state index contributed by atoms with van der Waals surface area (Å²) in [4.78, 5) is 0. The predicted molar refractivity (Wildman–Crippen MR) is 63.2 cm³/mol. The Balaban J connectivity index is 1.43. The van der Waals surface area contributed by atoms with Gasteiger partial charge in [-0.1, -0.05) is 0 Å². The SMILES string of the molecule is OC(CCC1CCOC2(CCC2)C1)C1CC1. The standard InChI is InChI=1S/C14H24O2/c15-13(12-3-4-12)5-2-11-6-9-16-14(10-11)7-1-8-14/h11-13,15H,1-10H2. The second kappa shape index (κ2) is 4.30. The third-order valence-corrected chi connectivity index (χ3v) is 4.90. The lowest BCUT2D eigenvalue weighted by Gasteiger charge is -2.47. The Bertz CT molecular complexity index is 243. The van der Waals surface area contributed by atoms with E-state index in [4.69, 9.17) is 4.74 Å². The highest BCUT2D eigenvalue weighted by Gasteiger charge is 2.42. The van der Waals surface area contributed by atoms with Crippen LogP contribution in [0.4, 0.5) is 0 Å². The molecule has 1 spiro atoms. The smallest absolute Gasteiger partial charge is 0.0685 e. The predicted octanol–water partition coefficient (Wildman–Crippen LogP) is 2.89. The molecule has 1 saturated heterocycles. The quantitative estimate of drug-likeness (QED) is 0.795. The van der Waals surface area contributed by atoms with Crippen molar-refractivity contribution in [1.82, 2.24) is 0 Å². The van der Waals surface area contributed by atoms with Gasteiger partial charge in [0.2, 0.25) is 0 Å². The molecule has 3 fully saturated rings. The molecular formula is C14H24O2. The Morgan fingerprint density at radius 2 is 2.06 bits per heavy atom. The average molecular weight is 224 g/mol. The van der Waals surface area contributed by atoms with Crippen molar-refractivity contribution in [2.24, 2.45) is 11.8 Å². The first-order valence-electron chi connectivity index (χ1n) is 7.09. The Hall–Kier alpha value is -0.0800. The van der Waals surface area contributed by atoms with E-state index in [0.717, 1.165) is 18.9 Å². The number of hydrogen-bond donors (Lipinski definition) is 1. The van der Waals surface area contributed by atoms with Crippen molar-refractivity contribution in [3.63, 3.8) is 0 Å². The van der Waals surface area contributed by atoms with Crippen LogP contribution in [-0.4, -0.2) is 23.4 Å². The van der Waals surface area contributed by atoms with Gasteiger partial charge in [-0.05, 0) is 69.6 Å². The van der Waals surface area contributed by atoms with Gasteiger partial charge in [-0.15, -0.1) is 0 Å². The molecule has 0 bridgehead atoms. The van der Waals surface area contributed by atoms with E-state index < -0.39 is 0 Å². The zero-order chi connectivity index (χ0) is 11.0. The summed E-state index contributed by atoms with van der Waals surface area (Å²) in [6, 6.07) is 0. The molecule has 2 unspecified atom stereocenters. The summed E-state index contributed by atoms with van der Waals surface area (Å²) < 4.78 is 5.94. The molecule has 1 aliphatic heterocycles. The Kier molecular flexibility index (Phi) is 2.97. The van der Waals surface area contributed by atoms with Crippen LogP contribution in [0, 0.1) is 11.8 Å². The molecule has 0 aromatic rings. The van der Waals surface area contributed by atoms with Gasteiger partial charge in [-0.2, -0.15) is 0 Å². The normalized spacial score (nSPS) is 34.7. The van der Waals surface area contributed by atoms with E-state index in [2.05, 4.69) is 0 Å². The van der Waals surface area contributed by atoms with Gasteiger partial charge in [0.25, 0.3) is 0 Å². The van der Waals surface area contributed by atoms with E-state index in [-0.39, 0.29) is 11.7 Å². The van der Waals surface area contributed by atoms with Crippen LogP contribution < -0.4 is 0 Å². The van der Waals surface area contributed by atoms with Crippen LogP contribution in [0.15, 0.2) is 0 Å². The van der Waals surface area contributed by atoms with Crippen LogP contribution in [0.25, 0.3) is 0 Å². The molecule has 0 radical (unpaired) electrons. The van der Waals surface area contributed by atoms with E-state index in [1.807, 2.05) is 0 Å². The minimum absolute atomic E-state index is 0.000172. The van der Waals surface area contributed by atoms with Crippen LogP contribution >= 0.6 is 0 Å². The van der Waals surface area contributed by atoms with Crippen molar-refractivity contribution in [3.8, 4) is 0 Å². The van der Waals surface area contributed by atoms with Gasteiger partial charge in [0, 0.05) is 6.61 Å². The molecule has 3 aliphatic rings. The molecule has 0 aromatic heterocycles. The summed E-state index contributed by atoms with van der Waals surface area (Å²) in [7, 11) is 0. The molecule has 0 aromatic carbocycles. The minimum atomic E-state index is 0.000172. The van der Waals surface area contributed by atoms with E-state index in [1.54, 1.807) is 0 Å². The lowest BCUT2D eigenvalue weighted by atomic mass is 9.71. The Morgan fingerprint density at radius 1 is 1.25 bits per heavy atom. The maximum atomic E-state index is 9.89. The highest BCUT2D eigenvalue weighted by atomic mass is 16.5. The zero-order valence-corrected chi connectivity index (χ0v) is 10.2. The number of hydrogen-bond acceptors (Lipinski definition) is 2.